The lowest BCUT2D eigenvalue weighted by molar-refractivity contribution is 0.600. The minimum absolute atomic E-state index is 0.254. The molecule has 0 unspecified atom stereocenters. The summed E-state index contributed by atoms with van der Waals surface area (Å²) in [6.45, 7) is 16.7. The molecule has 0 atom stereocenters. The van der Waals surface area contributed by atoms with Crippen LogP contribution in [-0.2, 0) is 16.2 Å². The van der Waals surface area contributed by atoms with Gasteiger partial charge in [-0.15, -0.1) is 0 Å². The molecule has 80 heavy (non-hydrogen) atoms. The van der Waals surface area contributed by atoms with E-state index in [0.717, 1.165) is 67.0 Å². The van der Waals surface area contributed by atoms with E-state index >= 15 is 0 Å². The SMILES string of the molecule is Cc1ccc(-c2cc3c(c4c2oc2ccccc24)-c2ccc(N(c4ccc5c(c4)C(C)(C)c4c6c(c7oc8ccccc8c7c4-5)-c4ccccc4C6(C)C)c4ccc5c(c4)c4ccccc4n5-c4ccccc4)cc2C3(C)C)cc1. The molecule has 0 bridgehead atoms. The number of aryl methyl sites for hydroxylation is 1. The number of benzene rings is 11. The quantitative estimate of drug-likeness (QED) is 0.172. The monoisotopic (exact) mass is 1030 g/mol. The van der Waals surface area contributed by atoms with Crippen molar-refractivity contribution in [1.29, 1.82) is 0 Å². The molecule has 0 radical (unpaired) electrons. The third-order valence-corrected chi connectivity index (χ3v) is 19.0. The summed E-state index contributed by atoms with van der Waals surface area (Å²) in [4.78, 5) is 2.53. The molecule has 0 aliphatic heterocycles. The van der Waals surface area contributed by atoms with E-state index in [-0.39, 0.29) is 16.2 Å². The first-order valence-corrected chi connectivity index (χ1v) is 28.2. The molecule has 17 rings (SSSR count). The van der Waals surface area contributed by atoms with Crippen LogP contribution in [0.2, 0.25) is 0 Å². The number of hydrogen-bond donors (Lipinski definition) is 0. The van der Waals surface area contributed by atoms with E-state index in [1.54, 1.807) is 0 Å². The number of para-hydroxylation sites is 4. The van der Waals surface area contributed by atoms with Crippen LogP contribution in [0, 0.1) is 6.92 Å². The minimum Gasteiger partial charge on any atom is -0.455 e. The highest BCUT2D eigenvalue weighted by atomic mass is 16.3. The maximum atomic E-state index is 7.06. The molecule has 3 aromatic heterocycles. The van der Waals surface area contributed by atoms with Crippen molar-refractivity contribution in [3.05, 3.63) is 251 Å². The number of anilines is 3. The number of furan rings is 2. The predicted molar refractivity (Wildman–Crippen MR) is 333 cm³/mol. The van der Waals surface area contributed by atoms with E-state index in [2.05, 4.69) is 270 Å². The van der Waals surface area contributed by atoms with Crippen molar-refractivity contribution in [2.75, 3.05) is 4.90 Å². The number of fused-ring (bicyclic) bond motifs is 22. The average Bonchev–Trinajstić information content (AvgIpc) is 2.61. The van der Waals surface area contributed by atoms with E-state index in [1.807, 2.05) is 0 Å². The van der Waals surface area contributed by atoms with Crippen molar-refractivity contribution < 1.29 is 8.83 Å². The fraction of sp³-hybridized carbons (Fsp3) is 0.132. The normalized spacial score (nSPS) is 15.0. The van der Waals surface area contributed by atoms with Crippen LogP contribution in [0.1, 0.15) is 80.5 Å². The average molecular weight is 1030 g/mol. The van der Waals surface area contributed by atoms with E-state index < -0.39 is 0 Å². The Kier molecular flexibility index (Phi) is 8.94. The van der Waals surface area contributed by atoms with E-state index in [1.165, 1.54) is 105 Å². The molecular weight excluding hydrogens is 973 g/mol. The zero-order valence-corrected chi connectivity index (χ0v) is 45.9. The Hall–Kier alpha value is -9.38. The maximum Gasteiger partial charge on any atom is 0.144 e. The molecule has 0 spiro atoms. The first-order chi connectivity index (χ1) is 38.9. The second-order valence-corrected chi connectivity index (χ2v) is 24.4. The third kappa shape index (κ3) is 5.85. The van der Waals surface area contributed by atoms with Gasteiger partial charge in [-0.25, -0.2) is 0 Å². The van der Waals surface area contributed by atoms with Gasteiger partial charge in [0.2, 0.25) is 0 Å². The summed E-state index contributed by atoms with van der Waals surface area (Å²) in [5.74, 6) is 0. The van der Waals surface area contributed by atoms with E-state index in [0.29, 0.717) is 0 Å². The summed E-state index contributed by atoms with van der Waals surface area (Å²) in [7, 11) is 0. The molecule has 382 valence electrons. The molecule has 0 fully saturated rings. The highest BCUT2D eigenvalue weighted by molar-refractivity contribution is 6.22. The van der Waals surface area contributed by atoms with Crippen LogP contribution in [0.3, 0.4) is 0 Å². The largest absolute Gasteiger partial charge is 0.455 e. The third-order valence-electron chi connectivity index (χ3n) is 19.0. The Bertz CT molecular complexity index is 5040. The summed E-state index contributed by atoms with van der Waals surface area (Å²) in [6, 6.07) is 78.9. The van der Waals surface area contributed by atoms with Gasteiger partial charge in [0.25, 0.3) is 0 Å². The highest BCUT2D eigenvalue weighted by Crippen LogP contribution is 2.64. The van der Waals surface area contributed by atoms with Crippen molar-refractivity contribution in [1.82, 2.24) is 4.57 Å². The molecule has 4 nitrogen and oxygen atoms in total. The molecule has 0 amide bonds. The zero-order chi connectivity index (χ0) is 53.7. The summed E-state index contributed by atoms with van der Waals surface area (Å²) < 4.78 is 16.4. The van der Waals surface area contributed by atoms with Gasteiger partial charge in [-0.05, 0) is 153 Å². The van der Waals surface area contributed by atoms with Crippen molar-refractivity contribution in [3.63, 3.8) is 0 Å². The standard InChI is InChI=1S/C76H56N2O2/c1-43-29-31-44(32-30-43)55-42-60-65(67-53-23-13-17-27-63(53)79-72(55)67)51-36-33-47(40-58(51)74(60,2)3)77(46-35-38-62-56(39-46)49-21-12-16-26-61(49)78(62)45-19-9-8-10-20-45)48-34-37-52-59(41-48)76(6,7)70-66(52)68-54-24-14-18-28-64(54)80-73(68)69-50-22-11-15-25-57(50)75(4,5)71(69)70/h8-42H,1-7H3. The van der Waals surface area contributed by atoms with Gasteiger partial charge < -0.3 is 18.3 Å². The molecule has 4 heteroatoms. The van der Waals surface area contributed by atoms with Crippen LogP contribution in [0.4, 0.5) is 17.1 Å². The van der Waals surface area contributed by atoms with Crippen molar-refractivity contribution in [3.8, 4) is 50.2 Å². The van der Waals surface area contributed by atoms with Gasteiger partial charge in [0, 0.05) is 82.4 Å². The first-order valence-electron chi connectivity index (χ1n) is 28.2. The van der Waals surface area contributed by atoms with Crippen LogP contribution in [0.15, 0.2) is 221 Å². The first kappa shape index (κ1) is 45.6. The Labute approximate surface area is 464 Å². The molecule has 3 aliphatic carbocycles. The number of nitrogens with zero attached hydrogens (tertiary/aromatic N) is 2. The number of rotatable bonds is 5. The fourth-order valence-corrected chi connectivity index (χ4v) is 15.2. The van der Waals surface area contributed by atoms with E-state index in [9.17, 15) is 0 Å². The lowest BCUT2D eigenvalue weighted by atomic mass is 9.72. The van der Waals surface area contributed by atoms with Crippen molar-refractivity contribution in [2.24, 2.45) is 0 Å². The molecular formula is C76H56N2O2. The second-order valence-electron chi connectivity index (χ2n) is 24.4. The summed E-state index contributed by atoms with van der Waals surface area (Å²) >= 11 is 0. The molecule has 14 aromatic rings. The summed E-state index contributed by atoms with van der Waals surface area (Å²) in [5, 5.41) is 7.13. The summed E-state index contributed by atoms with van der Waals surface area (Å²) in [5.41, 5.74) is 28.8. The lowest BCUT2D eigenvalue weighted by Crippen LogP contribution is -2.24. The van der Waals surface area contributed by atoms with Crippen LogP contribution in [-0.4, -0.2) is 4.57 Å². The van der Waals surface area contributed by atoms with Crippen LogP contribution in [0.25, 0.3) is 116 Å². The number of aromatic nitrogens is 1. The predicted octanol–water partition coefficient (Wildman–Crippen LogP) is 20.9. The van der Waals surface area contributed by atoms with Crippen LogP contribution >= 0.6 is 0 Å². The highest BCUT2D eigenvalue weighted by Gasteiger charge is 2.49. The van der Waals surface area contributed by atoms with Gasteiger partial charge in [-0.2, -0.15) is 0 Å². The Morgan fingerprint density at radius 2 is 0.887 bits per heavy atom. The fourth-order valence-electron chi connectivity index (χ4n) is 15.2. The minimum atomic E-state index is -0.370. The van der Waals surface area contributed by atoms with Crippen LogP contribution in [0.5, 0.6) is 0 Å². The van der Waals surface area contributed by atoms with Crippen molar-refractivity contribution in [2.45, 2.75) is 64.7 Å². The molecule has 3 heterocycles. The Balaban J connectivity index is 0.915. The van der Waals surface area contributed by atoms with Gasteiger partial charge in [-0.3, -0.25) is 0 Å². The van der Waals surface area contributed by atoms with Gasteiger partial charge in [-0.1, -0.05) is 181 Å². The smallest absolute Gasteiger partial charge is 0.144 e. The van der Waals surface area contributed by atoms with E-state index in [4.69, 9.17) is 8.83 Å². The van der Waals surface area contributed by atoms with Crippen LogP contribution < -0.4 is 4.90 Å². The van der Waals surface area contributed by atoms with Gasteiger partial charge in [0.05, 0.1) is 11.0 Å². The Morgan fingerprint density at radius 1 is 0.362 bits per heavy atom. The lowest BCUT2D eigenvalue weighted by Gasteiger charge is -2.32. The Morgan fingerprint density at radius 3 is 1.61 bits per heavy atom. The maximum absolute atomic E-state index is 7.06. The zero-order valence-electron chi connectivity index (χ0n) is 45.9. The molecule has 0 saturated heterocycles. The molecule has 3 aliphatic rings. The topological polar surface area (TPSA) is 34.5 Å². The van der Waals surface area contributed by atoms with Gasteiger partial charge >= 0.3 is 0 Å². The van der Waals surface area contributed by atoms with Gasteiger partial charge in [0.15, 0.2) is 0 Å². The second kappa shape index (κ2) is 15.7. The molecule has 11 aromatic carbocycles. The van der Waals surface area contributed by atoms with Gasteiger partial charge in [0.1, 0.15) is 22.3 Å². The molecule has 0 N–H and O–H groups in total. The molecule has 0 saturated carbocycles. The van der Waals surface area contributed by atoms with Crippen molar-refractivity contribution >= 4 is 82.7 Å². The number of hydrogen-bond acceptors (Lipinski definition) is 3. The summed E-state index contributed by atoms with van der Waals surface area (Å²) in [6.07, 6.45) is 0.